The van der Waals surface area contributed by atoms with Crippen LogP contribution < -0.4 is 5.32 Å². The van der Waals surface area contributed by atoms with Crippen LogP contribution in [0.2, 0.25) is 0 Å². The van der Waals surface area contributed by atoms with Crippen LogP contribution in [0.1, 0.15) is 24.0 Å². The molecule has 1 aromatic rings. The summed E-state index contributed by atoms with van der Waals surface area (Å²) in [6, 6.07) is 5.40. The topological polar surface area (TPSA) is 58.4 Å². The maximum absolute atomic E-state index is 10.8. The van der Waals surface area contributed by atoms with Gasteiger partial charge in [0.1, 0.15) is 0 Å². The summed E-state index contributed by atoms with van der Waals surface area (Å²) < 4.78 is 0. The van der Waals surface area contributed by atoms with Gasteiger partial charge in [0.25, 0.3) is 5.69 Å². The van der Waals surface area contributed by atoms with Crippen LogP contribution in [0, 0.1) is 17.0 Å². The summed E-state index contributed by atoms with van der Waals surface area (Å²) in [4.78, 5) is 12.7. The second kappa shape index (κ2) is 7.86. The highest BCUT2D eigenvalue weighted by Gasteiger charge is 2.10. The van der Waals surface area contributed by atoms with E-state index in [9.17, 15) is 10.1 Å². The second-order valence-electron chi connectivity index (χ2n) is 5.07. The molecule has 5 nitrogen and oxygen atoms in total. The third-order valence-electron chi connectivity index (χ3n) is 3.01. The van der Waals surface area contributed by atoms with Crippen molar-refractivity contribution < 1.29 is 4.92 Å². The molecule has 0 bridgehead atoms. The van der Waals surface area contributed by atoms with E-state index in [1.807, 2.05) is 6.07 Å². The Bertz CT molecular complexity index is 419. The van der Waals surface area contributed by atoms with E-state index in [1.54, 1.807) is 19.1 Å². The van der Waals surface area contributed by atoms with Gasteiger partial charge in [0.2, 0.25) is 0 Å². The summed E-state index contributed by atoms with van der Waals surface area (Å²) in [5.74, 6) is 0. The summed E-state index contributed by atoms with van der Waals surface area (Å²) in [7, 11) is 4.14. The molecular formula is C14H23N3O2. The standard InChI is InChI=1S/C14H23N3O2/c1-12-6-7-13(10-14(12)17(18)19)11-15-8-4-5-9-16(2)3/h6-7,10,15H,4-5,8-9,11H2,1-3H3. The zero-order valence-corrected chi connectivity index (χ0v) is 12.0. The Morgan fingerprint density at radius 1 is 1.32 bits per heavy atom. The van der Waals surface area contributed by atoms with Crippen molar-refractivity contribution in [2.24, 2.45) is 0 Å². The zero-order valence-electron chi connectivity index (χ0n) is 12.0. The molecule has 0 aliphatic rings. The van der Waals surface area contributed by atoms with Gasteiger partial charge >= 0.3 is 0 Å². The molecule has 1 rings (SSSR count). The molecule has 0 aliphatic heterocycles. The van der Waals surface area contributed by atoms with Crippen molar-refractivity contribution in [3.05, 3.63) is 39.4 Å². The van der Waals surface area contributed by atoms with E-state index in [2.05, 4.69) is 24.3 Å². The molecule has 1 N–H and O–H groups in total. The van der Waals surface area contributed by atoms with Gasteiger partial charge in [0.05, 0.1) is 4.92 Å². The molecule has 0 aliphatic carbocycles. The van der Waals surface area contributed by atoms with E-state index in [0.29, 0.717) is 12.1 Å². The molecule has 0 saturated heterocycles. The van der Waals surface area contributed by atoms with Gasteiger partial charge in [-0.05, 0) is 52.5 Å². The van der Waals surface area contributed by atoms with Crippen LogP contribution in [-0.2, 0) is 6.54 Å². The fourth-order valence-corrected chi connectivity index (χ4v) is 1.87. The van der Waals surface area contributed by atoms with E-state index < -0.39 is 0 Å². The van der Waals surface area contributed by atoms with Crippen molar-refractivity contribution >= 4 is 5.69 Å². The Hall–Kier alpha value is -1.46. The fraction of sp³-hybridized carbons (Fsp3) is 0.571. The predicted molar refractivity (Wildman–Crippen MR) is 77.3 cm³/mol. The van der Waals surface area contributed by atoms with Gasteiger partial charge < -0.3 is 10.2 Å². The molecule has 0 heterocycles. The summed E-state index contributed by atoms with van der Waals surface area (Å²) in [5.41, 5.74) is 1.87. The number of hydrogen-bond acceptors (Lipinski definition) is 4. The summed E-state index contributed by atoms with van der Waals surface area (Å²) in [6.45, 7) is 4.48. The highest BCUT2D eigenvalue weighted by Crippen LogP contribution is 2.18. The van der Waals surface area contributed by atoms with Gasteiger partial charge in [0.15, 0.2) is 0 Å². The van der Waals surface area contributed by atoms with E-state index in [-0.39, 0.29) is 10.6 Å². The van der Waals surface area contributed by atoms with Crippen LogP contribution in [0.25, 0.3) is 0 Å². The number of rotatable bonds is 8. The third kappa shape index (κ3) is 5.81. The highest BCUT2D eigenvalue weighted by atomic mass is 16.6. The van der Waals surface area contributed by atoms with Crippen molar-refractivity contribution in [1.29, 1.82) is 0 Å². The monoisotopic (exact) mass is 265 g/mol. The van der Waals surface area contributed by atoms with E-state index in [0.717, 1.165) is 31.5 Å². The van der Waals surface area contributed by atoms with Gasteiger partial charge in [-0.3, -0.25) is 10.1 Å². The first kappa shape index (κ1) is 15.6. The molecule has 0 spiro atoms. The molecule has 0 fully saturated rings. The summed E-state index contributed by atoms with van der Waals surface area (Å²) in [6.07, 6.45) is 2.28. The van der Waals surface area contributed by atoms with Crippen LogP contribution in [0.4, 0.5) is 5.69 Å². The number of aryl methyl sites for hydroxylation is 1. The SMILES string of the molecule is Cc1ccc(CNCCCCN(C)C)cc1[N+](=O)[O-]. The van der Waals surface area contributed by atoms with Gasteiger partial charge in [-0.15, -0.1) is 0 Å². The lowest BCUT2D eigenvalue weighted by Crippen LogP contribution is -2.18. The highest BCUT2D eigenvalue weighted by molar-refractivity contribution is 5.42. The number of hydrogen-bond donors (Lipinski definition) is 1. The van der Waals surface area contributed by atoms with Gasteiger partial charge in [-0.1, -0.05) is 12.1 Å². The van der Waals surface area contributed by atoms with Crippen molar-refractivity contribution in [3.63, 3.8) is 0 Å². The predicted octanol–water partition coefficient (Wildman–Crippen LogP) is 2.33. The van der Waals surface area contributed by atoms with Gasteiger partial charge in [-0.25, -0.2) is 0 Å². The van der Waals surface area contributed by atoms with Crippen molar-refractivity contribution in [2.75, 3.05) is 27.2 Å². The molecule has 0 saturated carbocycles. The average Bonchev–Trinajstić information content (AvgIpc) is 2.34. The van der Waals surface area contributed by atoms with Crippen LogP contribution >= 0.6 is 0 Å². The number of nitrogens with one attached hydrogen (secondary N) is 1. The number of benzene rings is 1. The van der Waals surface area contributed by atoms with Crippen molar-refractivity contribution in [2.45, 2.75) is 26.3 Å². The summed E-state index contributed by atoms with van der Waals surface area (Å²) >= 11 is 0. The molecule has 0 atom stereocenters. The molecule has 1 aromatic carbocycles. The van der Waals surface area contributed by atoms with Crippen LogP contribution in [-0.4, -0.2) is 37.0 Å². The van der Waals surface area contributed by atoms with E-state index >= 15 is 0 Å². The normalized spacial score (nSPS) is 10.9. The maximum atomic E-state index is 10.8. The van der Waals surface area contributed by atoms with Gasteiger partial charge in [-0.2, -0.15) is 0 Å². The molecule has 0 amide bonds. The maximum Gasteiger partial charge on any atom is 0.272 e. The van der Waals surface area contributed by atoms with E-state index in [4.69, 9.17) is 0 Å². The molecule has 106 valence electrons. The zero-order chi connectivity index (χ0) is 14.3. The smallest absolute Gasteiger partial charge is 0.272 e. The minimum Gasteiger partial charge on any atom is -0.313 e. The second-order valence-corrected chi connectivity index (χ2v) is 5.07. The lowest BCUT2D eigenvalue weighted by molar-refractivity contribution is -0.385. The van der Waals surface area contributed by atoms with Gasteiger partial charge in [0, 0.05) is 18.2 Å². The fourth-order valence-electron chi connectivity index (χ4n) is 1.87. The number of unbranched alkanes of at least 4 members (excludes halogenated alkanes) is 1. The Labute approximate surface area is 114 Å². The minimum atomic E-state index is -0.323. The Morgan fingerprint density at radius 2 is 2.05 bits per heavy atom. The third-order valence-corrected chi connectivity index (χ3v) is 3.01. The number of nitrogens with zero attached hydrogens (tertiary/aromatic N) is 2. The van der Waals surface area contributed by atoms with Crippen molar-refractivity contribution in [3.8, 4) is 0 Å². The van der Waals surface area contributed by atoms with Crippen molar-refractivity contribution in [1.82, 2.24) is 10.2 Å². The number of nitro benzene ring substituents is 1. The first-order valence-electron chi connectivity index (χ1n) is 6.60. The lowest BCUT2D eigenvalue weighted by atomic mass is 10.1. The largest absolute Gasteiger partial charge is 0.313 e. The van der Waals surface area contributed by atoms with Crippen LogP contribution in [0.5, 0.6) is 0 Å². The number of nitro groups is 1. The lowest BCUT2D eigenvalue weighted by Gasteiger charge is -2.09. The molecule has 0 unspecified atom stereocenters. The van der Waals surface area contributed by atoms with Crippen LogP contribution in [0.15, 0.2) is 18.2 Å². The molecule has 19 heavy (non-hydrogen) atoms. The molecule has 0 aromatic heterocycles. The van der Waals surface area contributed by atoms with E-state index in [1.165, 1.54) is 0 Å². The summed E-state index contributed by atoms with van der Waals surface area (Å²) in [5, 5.41) is 14.2. The molecule has 5 heteroatoms. The first-order chi connectivity index (χ1) is 9.00. The van der Waals surface area contributed by atoms with Crippen LogP contribution in [0.3, 0.4) is 0 Å². The molecule has 0 radical (unpaired) electrons. The Kier molecular flexibility index (Phi) is 6.45. The Morgan fingerprint density at radius 3 is 2.68 bits per heavy atom. The first-order valence-corrected chi connectivity index (χ1v) is 6.60. The quantitative estimate of drug-likeness (QED) is 0.445. The minimum absolute atomic E-state index is 0.201. The molecular weight excluding hydrogens is 242 g/mol. The average molecular weight is 265 g/mol. The Balaban J connectivity index is 2.34.